The Bertz CT molecular complexity index is 62.7. The second kappa shape index (κ2) is 3.61. The Kier molecular flexibility index (Phi) is 3.32. The molecular weight excluding hydrogens is 92.1 g/mol. The van der Waals surface area contributed by atoms with E-state index in [1.165, 1.54) is 0 Å². The van der Waals surface area contributed by atoms with E-state index in [0.717, 1.165) is 0 Å². The summed E-state index contributed by atoms with van der Waals surface area (Å²) in [6, 6.07) is 0. The maximum Gasteiger partial charge on any atom is 0.238 e. The monoisotopic (exact) mass is 101 g/mol. The minimum absolute atomic E-state index is 0.302. The summed E-state index contributed by atoms with van der Waals surface area (Å²) in [5.41, 5.74) is 11.4. The maximum absolute atomic E-state index is 9.81. The number of rotatable bonds is 3. The average Bonchev–Trinajstić information content (AvgIpc) is 1.61. The van der Waals surface area contributed by atoms with Gasteiger partial charge in [0.15, 0.2) is 0 Å². The molecule has 0 saturated carbocycles. The average molecular weight is 101 g/mol. The summed E-state index contributed by atoms with van der Waals surface area (Å²) in [7, 11) is 0. The SMILES string of the molecule is [NH]C(=O)CCCN. The largest absolute Gasteiger partial charge is 0.330 e. The van der Waals surface area contributed by atoms with Gasteiger partial charge in [-0.1, -0.05) is 0 Å². The minimum Gasteiger partial charge on any atom is -0.330 e. The van der Waals surface area contributed by atoms with Crippen LogP contribution in [0.5, 0.6) is 0 Å². The van der Waals surface area contributed by atoms with Crippen molar-refractivity contribution in [2.75, 3.05) is 6.54 Å². The second-order valence-electron chi connectivity index (χ2n) is 1.32. The molecule has 0 aliphatic carbocycles. The highest BCUT2D eigenvalue weighted by Crippen LogP contribution is 1.81. The number of hydrogen-bond acceptors (Lipinski definition) is 2. The van der Waals surface area contributed by atoms with E-state index in [9.17, 15) is 4.79 Å². The van der Waals surface area contributed by atoms with Crippen molar-refractivity contribution in [3.05, 3.63) is 0 Å². The zero-order chi connectivity index (χ0) is 5.70. The molecule has 0 fully saturated rings. The van der Waals surface area contributed by atoms with Crippen LogP contribution in [0, 0.1) is 0 Å². The highest BCUT2D eigenvalue weighted by Gasteiger charge is 1.89. The van der Waals surface area contributed by atoms with E-state index in [4.69, 9.17) is 11.5 Å². The van der Waals surface area contributed by atoms with Crippen LogP contribution in [0.15, 0.2) is 0 Å². The van der Waals surface area contributed by atoms with Crippen molar-refractivity contribution >= 4 is 5.91 Å². The van der Waals surface area contributed by atoms with Gasteiger partial charge in [0, 0.05) is 6.42 Å². The van der Waals surface area contributed by atoms with Gasteiger partial charge < -0.3 is 5.73 Å². The van der Waals surface area contributed by atoms with Gasteiger partial charge >= 0.3 is 0 Å². The van der Waals surface area contributed by atoms with Gasteiger partial charge in [0.2, 0.25) is 5.91 Å². The lowest BCUT2D eigenvalue weighted by molar-refractivity contribution is -0.118. The van der Waals surface area contributed by atoms with Crippen LogP contribution in [0.1, 0.15) is 12.8 Å². The number of nitrogens with two attached hydrogens (primary N) is 1. The van der Waals surface area contributed by atoms with Crippen LogP contribution >= 0.6 is 0 Å². The number of nitrogens with one attached hydrogen (secondary N) is 1. The van der Waals surface area contributed by atoms with Crippen molar-refractivity contribution in [2.24, 2.45) is 5.73 Å². The minimum atomic E-state index is -0.523. The molecule has 3 N–H and O–H groups in total. The molecule has 0 saturated heterocycles. The smallest absolute Gasteiger partial charge is 0.238 e. The predicted octanol–water partition coefficient (Wildman–Crippen LogP) is -0.465. The van der Waals surface area contributed by atoms with E-state index in [2.05, 4.69) is 0 Å². The Labute approximate surface area is 42.7 Å². The molecule has 0 aliphatic rings. The summed E-state index contributed by atoms with van der Waals surface area (Å²) >= 11 is 0. The summed E-state index contributed by atoms with van der Waals surface area (Å²) in [6.07, 6.45) is 0.943. The van der Waals surface area contributed by atoms with Gasteiger partial charge in [-0.25, -0.2) is 0 Å². The van der Waals surface area contributed by atoms with Crippen LogP contribution in [0.4, 0.5) is 0 Å². The van der Waals surface area contributed by atoms with Crippen LogP contribution in [0.25, 0.3) is 0 Å². The lowest BCUT2D eigenvalue weighted by Crippen LogP contribution is -2.03. The molecule has 0 spiro atoms. The lowest BCUT2D eigenvalue weighted by atomic mass is 10.3. The van der Waals surface area contributed by atoms with Crippen LogP contribution in [0.2, 0.25) is 0 Å². The summed E-state index contributed by atoms with van der Waals surface area (Å²) in [5.74, 6) is -0.523. The molecule has 0 aromatic rings. The molecule has 7 heavy (non-hydrogen) atoms. The number of amides is 1. The van der Waals surface area contributed by atoms with Gasteiger partial charge in [-0.05, 0) is 13.0 Å². The molecule has 1 radical (unpaired) electrons. The first-order chi connectivity index (χ1) is 3.27. The standard InChI is InChI=1S/C4H9N2O/c5-3-1-2-4(6)7/h6H,1-3,5H2. The van der Waals surface area contributed by atoms with Gasteiger partial charge in [0.1, 0.15) is 0 Å². The van der Waals surface area contributed by atoms with Crippen molar-refractivity contribution in [1.82, 2.24) is 5.73 Å². The Balaban J connectivity index is 2.82. The zero-order valence-electron chi connectivity index (χ0n) is 4.11. The Morgan fingerprint density at radius 2 is 2.29 bits per heavy atom. The van der Waals surface area contributed by atoms with Gasteiger partial charge in [0.05, 0.1) is 0 Å². The zero-order valence-corrected chi connectivity index (χ0v) is 4.11. The maximum atomic E-state index is 9.81. The van der Waals surface area contributed by atoms with Crippen molar-refractivity contribution < 1.29 is 4.79 Å². The first kappa shape index (κ1) is 6.43. The summed E-state index contributed by atoms with van der Waals surface area (Å²) < 4.78 is 0. The lowest BCUT2D eigenvalue weighted by Gasteiger charge is -1.85. The van der Waals surface area contributed by atoms with Crippen LogP contribution in [-0.4, -0.2) is 12.5 Å². The molecular formula is C4H9N2O. The Morgan fingerprint density at radius 1 is 1.71 bits per heavy atom. The normalized spacial score (nSPS) is 8.71. The van der Waals surface area contributed by atoms with Crippen LogP contribution < -0.4 is 11.5 Å². The Hall–Kier alpha value is -0.570. The van der Waals surface area contributed by atoms with Gasteiger partial charge in [-0.3, -0.25) is 10.5 Å². The first-order valence-corrected chi connectivity index (χ1v) is 2.22. The van der Waals surface area contributed by atoms with E-state index >= 15 is 0 Å². The number of hydrogen-bond donors (Lipinski definition) is 1. The summed E-state index contributed by atoms with van der Waals surface area (Å²) in [4.78, 5) is 9.81. The second-order valence-corrected chi connectivity index (χ2v) is 1.32. The summed E-state index contributed by atoms with van der Waals surface area (Å²) in [5, 5.41) is 0. The molecule has 1 amide bonds. The quantitative estimate of drug-likeness (QED) is 0.522. The third kappa shape index (κ3) is 5.43. The van der Waals surface area contributed by atoms with Crippen molar-refractivity contribution in [1.29, 1.82) is 0 Å². The molecule has 0 aromatic carbocycles. The molecule has 3 nitrogen and oxygen atoms in total. The number of carbonyl (C=O) groups is 1. The van der Waals surface area contributed by atoms with Gasteiger partial charge in [-0.15, -0.1) is 0 Å². The van der Waals surface area contributed by atoms with E-state index in [1.807, 2.05) is 0 Å². The fraction of sp³-hybridized carbons (Fsp3) is 0.750. The molecule has 41 valence electrons. The first-order valence-electron chi connectivity index (χ1n) is 2.22. The fourth-order valence-corrected chi connectivity index (χ4v) is 0.263. The molecule has 0 unspecified atom stereocenters. The third-order valence-corrected chi connectivity index (χ3v) is 0.608. The molecule has 0 heterocycles. The van der Waals surface area contributed by atoms with E-state index in [0.29, 0.717) is 19.4 Å². The highest BCUT2D eigenvalue weighted by molar-refractivity contribution is 5.72. The predicted molar refractivity (Wildman–Crippen MR) is 26.4 cm³/mol. The molecule has 0 bridgehead atoms. The van der Waals surface area contributed by atoms with E-state index < -0.39 is 5.91 Å². The van der Waals surface area contributed by atoms with Crippen LogP contribution in [-0.2, 0) is 4.79 Å². The van der Waals surface area contributed by atoms with Crippen molar-refractivity contribution in [2.45, 2.75) is 12.8 Å². The molecule has 0 atom stereocenters. The molecule has 0 aliphatic heterocycles. The highest BCUT2D eigenvalue weighted by atomic mass is 16.1. The van der Waals surface area contributed by atoms with Gasteiger partial charge in [0.25, 0.3) is 0 Å². The molecule has 3 heteroatoms. The Morgan fingerprint density at radius 3 is 2.43 bits per heavy atom. The van der Waals surface area contributed by atoms with Gasteiger partial charge in [-0.2, -0.15) is 0 Å². The molecule has 0 rings (SSSR count). The van der Waals surface area contributed by atoms with Crippen molar-refractivity contribution in [3.8, 4) is 0 Å². The summed E-state index contributed by atoms with van der Waals surface area (Å²) in [6.45, 7) is 0.505. The van der Waals surface area contributed by atoms with Crippen LogP contribution in [0.3, 0.4) is 0 Å². The van der Waals surface area contributed by atoms with E-state index in [-0.39, 0.29) is 0 Å². The van der Waals surface area contributed by atoms with E-state index in [1.54, 1.807) is 0 Å². The third-order valence-electron chi connectivity index (χ3n) is 0.608. The fourth-order valence-electron chi connectivity index (χ4n) is 0.263. The van der Waals surface area contributed by atoms with Crippen molar-refractivity contribution in [3.63, 3.8) is 0 Å². The number of carbonyl (C=O) groups excluding carboxylic acids is 1. The topological polar surface area (TPSA) is 66.9 Å². The molecule has 0 aromatic heterocycles.